The summed E-state index contributed by atoms with van der Waals surface area (Å²) in [5.74, 6) is 0.0276. The first kappa shape index (κ1) is 23.7. The van der Waals surface area contributed by atoms with Crippen LogP contribution in [-0.2, 0) is 25.6 Å². The molecule has 6 nitrogen and oxygen atoms in total. The minimum Gasteiger partial charge on any atom is -0.466 e. The lowest BCUT2D eigenvalue weighted by Gasteiger charge is -2.32. The number of benzene rings is 2. The summed E-state index contributed by atoms with van der Waals surface area (Å²) in [6.07, 6.45) is 2.29. The first-order valence-corrected chi connectivity index (χ1v) is 12.2. The van der Waals surface area contributed by atoms with Crippen molar-refractivity contribution in [2.24, 2.45) is 5.92 Å². The van der Waals surface area contributed by atoms with Crippen molar-refractivity contribution in [1.29, 1.82) is 0 Å². The van der Waals surface area contributed by atoms with Crippen LogP contribution in [0.1, 0.15) is 30.9 Å². The Morgan fingerprint density at radius 3 is 2.91 bits per heavy atom. The van der Waals surface area contributed by atoms with Gasteiger partial charge in [0.25, 0.3) is 5.91 Å². The van der Waals surface area contributed by atoms with Crippen molar-refractivity contribution < 1.29 is 24.1 Å². The van der Waals surface area contributed by atoms with Gasteiger partial charge in [-0.15, -0.1) is 0 Å². The molecule has 174 valence electrons. The van der Waals surface area contributed by atoms with Gasteiger partial charge in [-0.1, -0.05) is 36.0 Å². The van der Waals surface area contributed by atoms with Gasteiger partial charge in [0.1, 0.15) is 0 Å². The van der Waals surface area contributed by atoms with E-state index in [1.54, 1.807) is 29.7 Å². The average Bonchev–Trinajstić information content (AvgIpc) is 2.84. The van der Waals surface area contributed by atoms with Crippen molar-refractivity contribution in [2.45, 2.75) is 36.0 Å². The third-order valence-electron chi connectivity index (χ3n) is 5.73. The van der Waals surface area contributed by atoms with Gasteiger partial charge in [-0.25, -0.2) is 0 Å². The van der Waals surface area contributed by atoms with Gasteiger partial charge >= 0.3 is 5.97 Å². The zero-order chi connectivity index (χ0) is 23.4. The van der Waals surface area contributed by atoms with E-state index in [-0.39, 0.29) is 17.8 Å². The summed E-state index contributed by atoms with van der Waals surface area (Å²) in [6, 6.07) is 11.5. The van der Waals surface area contributed by atoms with Crippen LogP contribution in [0.2, 0.25) is 5.02 Å². The third kappa shape index (κ3) is 5.54. The van der Waals surface area contributed by atoms with Crippen LogP contribution in [0.15, 0.2) is 52.8 Å². The topological polar surface area (TPSA) is 65.1 Å². The first-order chi connectivity index (χ1) is 16.0. The molecule has 1 saturated heterocycles. The smallest absolute Gasteiger partial charge is 0.310 e. The number of halogens is 1. The number of ether oxygens (including phenoxy) is 1. The van der Waals surface area contributed by atoms with Crippen molar-refractivity contribution in [3.8, 4) is 5.75 Å². The summed E-state index contributed by atoms with van der Waals surface area (Å²) in [7, 11) is 0. The third-order valence-corrected chi connectivity index (χ3v) is 7.22. The van der Waals surface area contributed by atoms with E-state index in [0.29, 0.717) is 42.5 Å². The van der Waals surface area contributed by atoms with Crippen LogP contribution < -0.4 is 4.89 Å². The molecule has 1 unspecified atom stereocenters. The predicted octanol–water partition coefficient (Wildman–Crippen LogP) is 5.17. The predicted molar refractivity (Wildman–Crippen MR) is 127 cm³/mol. The summed E-state index contributed by atoms with van der Waals surface area (Å²) >= 11 is 8.11. The number of carbonyl (C=O) groups is 2. The maximum atomic E-state index is 13.1. The molecule has 1 amide bonds. The lowest BCUT2D eigenvalue weighted by Crippen LogP contribution is -2.43. The highest BCUT2D eigenvalue weighted by molar-refractivity contribution is 7.99. The van der Waals surface area contributed by atoms with Crippen molar-refractivity contribution in [3.63, 3.8) is 0 Å². The summed E-state index contributed by atoms with van der Waals surface area (Å²) in [5.41, 5.74) is 2.13. The molecule has 4 rings (SSSR count). The molecule has 0 aliphatic carbocycles. The number of hydrogen-bond acceptors (Lipinski definition) is 6. The van der Waals surface area contributed by atoms with Gasteiger partial charge in [0.2, 0.25) is 0 Å². The fourth-order valence-electron chi connectivity index (χ4n) is 3.98. The molecular formula is C25H26ClNO5S. The van der Waals surface area contributed by atoms with Gasteiger partial charge in [-0.05, 0) is 55.7 Å². The molecule has 2 aliphatic rings. The van der Waals surface area contributed by atoms with Gasteiger partial charge in [-0.2, -0.15) is 4.89 Å². The van der Waals surface area contributed by atoms with Crippen molar-refractivity contribution in [1.82, 2.24) is 4.90 Å². The lowest BCUT2D eigenvalue weighted by atomic mass is 9.96. The maximum Gasteiger partial charge on any atom is 0.310 e. The molecule has 8 heteroatoms. The number of carbonyl (C=O) groups excluding carboxylic acids is 2. The fourth-order valence-corrected chi connectivity index (χ4v) is 5.16. The number of likely N-dealkylation sites (tertiary alicyclic amines) is 1. The highest BCUT2D eigenvalue weighted by Gasteiger charge is 2.30. The Kier molecular flexibility index (Phi) is 7.63. The Balaban J connectivity index is 1.43. The van der Waals surface area contributed by atoms with E-state index in [1.807, 2.05) is 24.3 Å². The minimum atomic E-state index is -0.286. The van der Waals surface area contributed by atoms with Crippen LogP contribution in [0, 0.1) is 5.92 Å². The number of fused-ring (bicyclic) bond motifs is 1. The molecule has 2 aromatic rings. The quantitative estimate of drug-likeness (QED) is 0.318. The molecule has 0 spiro atoms. The standard InChI is InChI=1S/C25H26ClNO5S/c1-3-30-25(29)19-5-4-11-27(15-19)24(28)16(2)17-6-9-23(21(26)14-17)33-20-7-8-22-18(13-20)10-12-31-32-22/h6-9,13-14,19H,2-5,10-12,15H2,1H3. The molecule has 0 N–H and O–H groups in total. The van der Waals surface area contributed by atoms with Gasteiger partial charge in [-0.3, -0.25) is 9.59 Å². The fraction of sp³-hybridized carbons (Fsp3) is 0.360. The van der Waals surface area contributed by atoms with E-state index >= 15 is 0 Å². The lowest BCUT2D eigenvalue weighted by molar-refractivity contribution is -0.215. The van der Waals surface area contributed by atoms with E-state index in [0.717, 1.165) is 40.4 Å². The van der Waals surface area contributed by atoms with Crippen molar-refractivity contribution in [2.75, 3.05) is 26.3 Å². The number of amides is 1. The molecule has 1 fully saturated rings. The van der Waals surface area contributed by atoms with Gasteiger partial charge in [0.15, 0.2) is 5.75 Å². The van der Waals surface area contributed by atoms with Gasteiger partial charge in [0, 0.05) is 40.4 Å². The largest absolute Gasteiger partial charge is 0.466 e. The molecule has 2 heterocycles. The van der Waals surface area contributed by atoms with Crippen molar-refractivity contribution >= 4 is 40.8 Å². The molecule has 0 saturated carbocycles. The van der Waals surface area contributed by atoms with Crippen LogP contribution >= 0.6 is 23.4 Å². The highest BCUT2D eigenvalue weighted by atomic mass is 35.5. The van der Waals surface area contributed by atoms with Crippen LogP contribution in [-0.4, -0.2) is 43.1 Å². The Morgan fingerprint density at radius 2 is 2.12 bits per heavy atom. The van der Waals surface area contributed by atoms with E-state index in [1.165, 1.54) is 0 Å². The normalized spacial score (nSPS) is 17.6. The van der Waals surface area contributed by atoms with E-state index in [4.69, 9.17) is 26.1 Å². The Hall–Kier alpha value is -2.48. The number of piperidine rings is 1. The summed E-state index contributed by atoms with van der Waals surface area (Å²) in [4.78, 5) is 39.0. The Bertz CT molecular complexity index is 1070. The SMILES string of the molecule is C=C(C(=O)N1CCCC(C(=O)OCC)C1)c1ccc(Sc2ccc3c(c2)CCOO3)c(Cl)c1. The Morgan fingerprint density at radius 1 is 1.27 bits per heavy atom. The molecule has 33 heavy (non-hydrogen) atoms. The van der Waals surface area contributed by atoms with Crippen molar-refractivity contribution in [3.05, 3.63) is 59.1 Å². The van der Waals surface area contributed by atoms with E-state index < -0.39 is 0 Å². The molecular weight excluding hydrogens is 462 g/mol. The molecule has 2 aromatic carbocycles. The molecule has 2 aliphatic heterocycles. The summed E-state index contributed by atoms with van der Waals surface area (Å²) in [6.45, 7) is 7.62. The number of esters is 1. The second-order valence-corrected chi connectivity index (χ2v) is 9.52. The number of nitrogens with zero attached hydrogens (tertiary/aromatic N) is 1. The first-order valence-electron chi connectivity index (χ1n) is 11.0. The van der Waals surface area contributed by atoms with Gasteiger partial charge < -0.3 is 14.5 Å². The molecule has 0 bridgehead atoms. The minimum absolute atomic E-state index is 0.183. The number of hydrogen-bond donors (Lipinski definition) is 0. The second-order valence-electron chi connectivity index (χ2n) is 7.99. The van der Waals surface area contributed by atoms with Crippen LogP contribution in [0.5, 0.6) is 5.75 Å². The van der Waals surface area contributed by atoms with Gasteiger partial charge in [0.05, 0.1) is 24.2 Å². The number of rotatable bonds is 6. The average molecular weight is 488 g/mol. The zero-order valence-corrected chi connectivity index (χ0v) is 20.0. The summed E-state index contributed by atoms with van der Waals surface area (Å²) < 4.78 is 5.13. The molecule has 1 atom stereocenters. The van der Waals surface area contributed by atoms with Crippen LogP contribution in [0.3, 0.4) is 0 Å². The summed E-state index contributed by atoms with van der Waals surface area (Å²) in [5, 5.41) is 0.548. The maximum absolute atomic E-state index is 13.1. The second kappa shape index (κ2) is 10.6. The van der Waals surface area contributed by atoms with E-state index in [9.17, 15) is 9.59 Å². The van der Waals surface area contributed by atoms with E-state index in [2.05, 4.69) is 12.6 Å². The monoisotopic (exact) mass is 487 g/mol. The molecule has 0 radical (unpaired) electrons. The Labute approximate surface area is 202 Å². The van der Waals surface area contributed by atoms with Crippen LogP contribution in [0.25, 0.3) is 5.57 Å². The van der Waals surface area contributed by atoms with Crippen LogP contribution in [0.4, 0.5) is 0 Å². The highest BCUT2D eigenvalue weighted by Crippen LogP contribution is 2.37. The zero-order valence-electron chi connectivity index (χ0n) is 18.5. The molecule has 0 aromatic heterocycles.